The quantitative estimate of drug-likeness (QED) is 0.537. The van der Waals surface area contributed by atoms with Crippen LogP contribution in [0.25, 0.3) is 0 Å². The van der Waals surface area contributed by atoms with Gasteiger partial charge in [-0.05, 0) is 38.0 Å². The van der Waals surface area contributed by atoms with Crippen LogP contribution in [0.15, 0.2) is 11.2 Å². The number of aromatic nitrogens is 1. The molecule has 1 saturated carbocycles. The third-order valence-electron chi connectivity index (χ3n) is 4.55. The molecule has 0 bridgehead atoms. The molecule has 0 aliphatic heterocycles. The second-order valence-electron chi connectivity index (χ2n) is 6.22. The van der Waals surface area contributed by atoms with Gasteiger partial charge in [-0.3, -0.25) is 0 Å². The number of thiazole rings is 1. The molecular formula is C17H30N4OS. The van der Waals surface area contributed by atoms with Gasteiger partial charge in [-0.2, -0.15) is 0 Å². The average Bonchev–Trinajstić information content (AvgIpc) is 2.99. The predicted molar refractivity (Wildman–Crippen MR) is 97.1 cm³/mol. The smallest absolute Gasteiger partial charge is 0.191 e. The maximum Gasteiger partial charge on any atom is 0.191 e. The number of aliphatic imine (C=N–C) groups is 1. The highest BCUT2D eigenvalue weighted by Gasteiger charge is 2.36. The van der Waals surface area contributed by atoms with Crippen molar-refractivity contribution in [2.75, 3.05) is 26.8 Å². The maximum atomic E-state index is 5.27. The monoisotopic (exact) mass is 338 g/mol. The predicted octanol–water partition coefficient (Wildman–Crippen LogP) is 2.97. The zero-order valence-corrected chi connectivity index (χ0v) is 15.5. The summed E-state index contributed by atoms with van der Waals surface area (Å²) in [4.78, 5) is 10.4. The highest BCUT2D eigenvalue weighted by molar-refractivity contribution is 7.11. The van der Waals surface area contributed by atoms with Crippen molar-refractivity contribution in [3.8, 4) is 0 Å². The third kappa shape index (κ3) is 5.46. The van der Waals surface area contributed by atoms with Crippen LogP contribution in [0.5, 0.6) is 0 Å². The van der Waals surface area contributed by atoms with Gasteiger partial charge in [0, 0.05) is 37.9 Å². The first-order valence-electron chi connectivity index (χ1n) is 8.66. The Morgan fingerprint density at radius 2 is 2.22 bits per heavy atom. The highest BCUT2D eigenvalue weighted by Crippen LogP contribution is 2.43. The molecule has 1 aliphatic carbocycles. The topological polar surface area (TPSA) is 58.5 Å². The Hall–Kier alpha value is -1.14. The molecule has 0 unspecified atom stereocenters. The number of hydrogen-bond donors (Lipinski definition) is 2. The first-order valence-corrected chi connectivity index (χ1v) is 9.47. The van der Waals surface area contributed by atoms with Crippen LogP contribution < -0.4 is 10.6 Å². The molecule has 1 aromatic rings. The first-order chi connectivity index (χ1) is 11.2. The number of guanidine groups is 1. The number of rotatable bonds is 9. The lowest BCUT2D eigenvalue weighted by molar-refractivity contribution is 0.0732. The number of methoxy groups -OCH3 is 1. The molecule has 23 heavy (non-hydrogen) atoms. The van der Waals surface area contributed by atoms with Crippen LogP contribution >= 0.6 is 11.3 Å². The van der Waals surface area contributed by atoms with Gasteiger partial charge in [-0.25, -0.2) is 9.98 Å². The van der Waals surface area contributed by atoms with Crippen molar-refractivity contribution >= 4 is 17.3 Å². The summed E-state index contributed by atoms with van der Waals surface area (Å²) in [5.41, 5.74) is 0.392. The summed E-state index contributed by atoms with van der Waals surface area (Å²) in [5, 5.41) is 7.94. The number of hydrogen-bond acceptors (Lipinski definition) is 4. The molecule has 0 atom stereocenters. The van der Waals surface area contributed by atoms with Gasteiger partial charge in [0.25, 0.3) is 0 Å². The minimum absolute atomic E-state index is 0.392. The van der Waals surface area contributed by atoms with Crippen molar-refractivity contribution in [1.29, 1.82) is 0 Å². The van der Waals surface area contributed by atoms with Crippen molar-refractivity contribution in [3.05, 3.63) is 16.1 Å². The summed E-state index contributed by atoms with van der Waals surface area (Å²) in [6, 6.07) is 0. The van der Waals surface area contributed by atoms with Crippen LogP contribution in [0.1, 0.15) is 49.4 Å². The molecule has 0 aromatic carbocycles. The number of nitrogens with one attached hydrogen (secondary N) is 2. The minimum atomic E-state index is 0.392. The summed E-state index contributed by atoms with van der Waals surface area (Å²) in [7, 11) is 1.78. The molecule has 2 N–H and O–H groups in total. The normalized spacial score (nSPS) is 16.9. The van der Waals surface area contributed by atoms with E-state index in [4.69, 9.17) is 4.74 Å². The van der Waals surface area contributed by atoms with E-state index < -0.39 is 0 Å². The van der Waals surface area contributed by atoms with Crippen LogP contribution in [0.3, 0.4) is 0 Å². The standard InChI is InChI=1S/C17H30N4OS/c1-4-14-11-19-15(23-14)12-20-16(18-5-2)21-13-17(7-6-8-17)9-10-22-3/h11H,4-10,12-13H2,1-3H3,(H2,18,20,21). The number of aryl methyl sites for hydroxylation is 1. The lowest BCUT2D eigenvalue weighted by Gasteiger charge is -2.42. The Morgan fingerprint density at radius 1 is 1.39 bits per heavy atom. The molecule has 6 heteroatoms. The van der Waals surface area contributed by atoms with E-state index in [0.29, 0.717) is 12.0 Å². The molecule has 1 aliphatic rings. The molecule has 5 nitrogen and oxygen atoms in total. The maximum absolute atomic E-state index is 5.27. The molecule has 2 rings (SSSR count). The van der Waals surface area contributed by atoms with Crippen molar-refractivity contribution in [1.82, 2.24) is 15.6 Å². The van der Waals surface area contributed by atoms with Crippen molar-refractivity contribution < 1.29 is 4.74 Å². The number of ether oxygens (including phenoxy) is 1. The third-order valence-corrected chi connectivity index (χ3v) is 5.67. The minimum Gasteiger partial charge on any atom is -0.385 e. The van der Waals surface area contributed by atoms with E-state index in [9.17, 15) is 0 Å². The summed E-state index contributed by atoms with van der Waals surface area (Å²) in [5.74, 6) is 0.893. The molecule has 1 heterocycles. The van der Waals surface area contributed by atoms with Gasteiger partial charge in [0.1, 0.15) is 5.01 Å². The summed E-state index contributed by atoms with van der Waals surface area (Å²) >= 11 is 1.75. The molecule has 0 amide bonds. The Kier molecular flexibility index (Phi) is 7.30. The van der Waals surface area contributed by atoms with Crippen LogP contribution in [-0.2, 0) is 17.7 Å². The lowest BCUT2D eigenvalue weighted by atomic mass is 9.67. The Morgan fingerprint density at radius 3 is 2.78 bits per heavy atom. The van der Waals surface area contributed by atoms with Gasteiger partial charge in [-0.1, -0.05) is 13.3 Å². The Labute approximate surface area is 144 Å². The van der Waals surface area contributed by atoms with Gasteiger partial charge >= 0.3 is 0 Å². The van der Waals surface area contributed by atoms with Gasteiger partial charge < -0.3 is 15.4 Å². The fraction of sp³-hybridized carbons (Fsp3) is 0.765. The largest absolute Gasteiger partial charge is 0.385 e. The Bertz CT molecular complexity index is 497. The van der Waals surface area contributed by atoms with E-state index in [-0.39, 0.29) is 0 Å². The molecule has 1 fully saturated rings. The van der Waals surface area contributed by atoms with E-state index in [1.165, 1.54) is 24.1 Å². The van der Waals surface area contributed by atoms with Crippen LogP contribution in [0, 0.1) is 5.41 Å². The van der Waals surface area contributed by atoms with Crippen molar-refractivity contribution in [2.24, 2.45) is 10.4 Å². The summed E-state index contributed by atoms with van der Waals surface area (Å²) < 4.78 is 5.27. The molecular weight excluding hydrogens is 308 g/mol. The van der Waals surface area contributed by atoms with Gasteiger partial charge in [0.15, 0.2) is 5.96 Å². The molecule has 0 radical (unpaired) electrons. The van der Waals surface area contributed by atoms with Crippen molar-refractivity contribution in [2.45, 2.75) is 52.5 Å². The van der Waals surface area contributed by atoms with Crippen LogP contribution in [0.4, 0.5) is 0 Å². The lowest BCUT2D eigenvalue weighted by Crippen LogP contribution is -2.46. The highest BCUT2D eigenvalue weighted by atomic mass is 32.1. The Balaban J connectivity index is 1.88. The molecule has 130 valence electrons. The van der Waals surface area contributed by atoms with E-state index in [0.717, 1.165) is 43.5 Å². The number of nitrogens with zero attached hydrogens (tertiary/aromatic N) is 2. The van der Waals surface area contributed by atoms with Crippen molar-refractivity contribution in [3.63, 3.8) is 0 Å². The zero-order chi connectivity index (χ0) is 16.5. The molecule has 0 spiro atoms. The van der Waals surface area contributed by atoms with E-state index in [2.05, 4.69) is 34.5 Å². The van der Waals surface area contributed by atoms with Crippen LogP contribution in [-0.4, -0.2) is 37.7 Å². The van der Waals surface area contributed by atoms with Gasteiger partial charge in [-0.15, -0.1) is 11.3 Å². The SMILES string of the molecule is CCNC(=NCc1ncc(CC)s1)NCC1(CCOC)CCC1. The second kappa shape index (κ2) is 9.23. The van der Waals surface area contributed by atoms with E-state index in [1.54, 1.807) is 18.4 Å². The van der Waals surface area contributed by atoms with Crippen LogP contribution in [0.2, 0.25) is 0 Å². The summed E-state index contributed by atoms with van der Waals surface area (Å²) in [6.07, 6.45) is 8.04. The van der Waals surface area contributed by atoms with Gasteiger partial charge in [0.2, 0.25) is 0 Å². The van der Waals surface area contributed by atoms with Gasteiger partial charge in [0.05, 0.1) is 6.54 Å². The van der Waals surface area contributed by atoms with E-state index in [1.807, 2.05) is 6.20 Å². The fourth-order valence-corrected chi connectivity index (χ4v) is 3.64. The first kappa shape index (κ1) is 18.2. The van der Waals surface area contributed by atoms with E-state index >= 15 is 0 Å². The zero-order valence-electron chi connectivity index (χ0n) is 14.7. The molecule has 0 saturated heterocycles. The summed E-state index contributed by atoms with van der Waals surface area (Å²) in [6.45, 7) is 7.58. The average molecular weight is 339 g/mol. The fourth-order valence-electron chi connectivity index (χ4n) is 2.85. The second-order valence-corrected chi connectivity index (χ2v) is 7.42. The molecule has 1 aromatic heterocycles.